The summed E-state index contributed by atoms with van der Waals surface area (Å²) >= 11 is 0. The molecule has 120 valence electrons. The van der Waals surface area contributed by atoms with Crippen LogP contribution in [-0.4, -0.2) is 11.7 Å². The zero-order valence-electron chi connectivity index (χ0n) is 13.6. The number of aryl methyl sites for hydroxylation is 1. The van der Waals surface area contributed by atoms with E-state index in [-0.39, 0.29) is 0 Å². The van der Waals surface area contributed by atoms with Gasteiger partial charge in [0, 0.05) is 11.9 Å². The number of nitrogens with zero attached hydrogens (tertiary/aromatic N) is 2. The molecule has 0 spiro atoms. The molecule has 0 fully saturated rings. The summed E-state index contributed by atoms with van der Waals surface area (Å²) in [5.74, 6) is 1.85. The van der Waals surface area contributed by atoms with E-state index in [2.05, 4.69) is 46.4 Å². The minimum Gasteiger partial charge on any atom is -0.489 e. The molecule has 0 atom stereocenters. The average molecular weight is 317 g/mol. The number of benzene rings is 2. The molecule has 0 saturated carbocycles. The van der Waals surface area contributed by atoms with Gasteiger partial charge in [-0.25, -0.2) is 4.98 Å². The Morgan fingerprint density at radius 3 is 2.62 bits per heavy atom. The van der Waals surface area contributed by atoms with Crippen LogP contribution in [0.4, 0.5) is 17.2 Å². The van der Waals surface area contributed by atoms with Crippen molar-refractivity contribution in [3.05, 3.63) is 78.0 Å². The van der Waals surface area contributed by atoms with Crippen LogP contribution >= 0.6 is 0 Å². The molecule has 4 nitrogen and oxygen atoms in total. The van der Waals surface area contributed by atoms with E-state index in [1.165, 1.54) is 11.1 Å². The van der Waals surface area contributed by atoms with E-state index in [4.69, 9.17) is 4.74 Å². The van der Waals surface area contributed by atoms with Crippen LogP contribution in [0, 0.1) is 6.92 Å². The summed E-state index contributed by atoms with van der Waals surface area (Å²) < 4.78 is 5.85. The molecule has 1 N–H and O–H groups in total. The molecule has 2 heterocycles. The molecule has 2 aromatic carbocycles. The zero-order valence-corrected chi connectivity index (χ0v) is 13.6. The Labute approximate surface area is 141 Å². The number of hydrogen-bond donors (Lipinski definition) is 1. The van der Waals surface area contributed by atoms with E-state index in [1.807, 2.05) is 42.6 Å². The minimum absolute atomic E-state index is 0.578. The van der Waals surface area contributed by atoms with E-state index in [9.17, 15) is 0 Å². The second-order valence-corrected chi connectivity index (χ2v) is 5.86. The van der Waals surface area contributed by atoms with Gasteiger partial charge in [0.25, 0.3) is 0 Å². The SMILES string of the molecule is Cc1ccnc2c1NCN2c1ccc(OCc2ccccc2)cc1. The molecule has 0 bridgehead atoms. The maximum atomic E-state index is 5.85. The van der Waals surface area contributed by atoms with Gasteiger partial charge in [0.05, 0.1) is 12.4 Å². The molecule has 1 aliphatic heterocycles. The molecule has 24 heavy (non-hydrogen) atoms. The first-order valence-electron chi connectivity index (χ1n) is 8.05. The van der Waals surface area contributed by atoms with Crippen LogP contribution in [0.3, 0.4) is 0 Å². The van der Waals surface area contributed by atoms with Crippen LogP contribution in [0.2, 0.25) is 0 Å². The minimum atomic E-state index is 0.578. The summed E-state index contributed by atoms with van der Waals surface area (Å²) in [5, 5.41) is 3.41. The third kappa shape index (κ3) is 2.78. The smallest absolute Gasteiger partial charge is 0.158 e. The van der Waals surface area contributed by atoms with Crippen molar-refractivity contribution in [2.24, 2.45) is 0 Å². The van der Waals surface area contributed by atoms with Crippen molar-refractivity contribution in [3.8, 4) is 5.75 Å². The summed E-state index contributed by atoms with van der Waals surface area (Å²) in [7, 11) is 0. The maximum Gasteiger partial charge on any atom is 0.158 e. The Bertz CT molecular complexity index is 831. The predicted molar refractivity (Wildman–Crippen MR) is 96.8 cm³/mol. The first-order valence-corrected chi connectivity index (χ1v) is 8.05. The van der Waals surface area contributed by atoms with Gasteiger partial charge in [-0.3, -0.25) is 0 Å². The van der Waals surface area contributed by atoms with Crippen molar-refractivity contribution in [1.82, 2.24) is 4.98 Å². The van der Waals surface area contributed by atoms with Gasteiger partial charge >= 0.3 is 0 Å². The van der Waals surface area contributed by atoms with Crippen LogP contribution in [0.15, 0.2) is 66.9 Å². The van der Waals surface area contributed by atoms with Gasteiger partial charge in [-0.15, -0.1) is 0 Å². The van der Waals surface area contributed by atoms with Crippen LogP contribution in [0.5, 0.6) is 5.75 Å². The van der Waals surface area contributed by atoms with Crippen LogP contribution in [-0.2, 0) is 6.61 Å². The molecule has 4 heteroatoms. The van der Waals surface area contributed by atoms with E-state index >= 15 is 0 Å². The monoisotopic (exact) mass is 317 g/mol. The molecule has 3 aromatic rings. The van der Waals surface area contributed by atoms with Crippen molar-refractivity contribution >= 4 is 17.2 Å². The number of fused-ring (bicyclic) bond motifs is 1. The number of hydrogen-bond acceptors (Lipinski definition) is 4. The Morgan fingerprint density at radius 1 is 1.04 bits per heavy atom. The lowest BCUT2D eigenvalue weighted by molar-refractivity contribution is 0.306. The third-order valence-electron chi connectivity index (χ3n) is 4.21. The van der Waals surface area contributed by atoms with Gasteiger partial charge in [0.1, 0.15) is 12.4 Å². The highest BCUT2D eigenvalue weighted by molar-refractivity contribution is 5.80. The Balaban J connectivity index is 1.48. The molecule has 1 aromatic heterocycles. The highest BCUT2D eigenvalue weighted by atomic mass is 16.5. The van der Waals surface area contributed by atoms with Gasteiger partial charge < -0.3 is 15.0 Å². The van der Waals surface area contributed by atoms with Gasteiger partial charge in [0.2, 0.25) is 0 Å². The fourth-order valence-corrected chi connectivity index (χ4v) is 2.88. The molecule has 0 unspecified atom stereocenters. The van der Waals surface area contributed by atoms with Crippen molar-refractivity contribution < 1.29 is 4.74 Å². The van der Waals surface area contributed by atoms with Crippen molar-refractivity contribution in [1.29, 1.82) is 0 Å². The average Bonchev–Trinajstić information content (AvgIpc) is 3.07. The van der Waals surface area contributed by atoms with Gasteiger partial charge in [0.15, 0.2) is 5.82 Å². The number of rotatable bonds is 4. The lowest BCUT2D eigenvalue weighted by Crippen LogP contribution is -2.16. The van der Waals surface area contributed by atoms with Crippen molar-refractivity contribution in [3.63, 3.8) is 0 Å². The Morgan fingerprint density at radius 2 is 1.83 bits per heavy atom. The van der Waals surface area contributed by atoms with Crippen LogP contribution in [0.25, 0.3) is 0 Å². The molecule has 4 rings (SSSR count). The standard InChI is InChI=1S/C20H19N3O/c1-15-11-12-21-20-19(15)22-14-23(20)17-7-9-18(10-8-17)24-13-16-5-3-2-4-6-16/h2-12,22H,13-14H2,1H3. The topological polar surface area (TPSA) is 37.4 Å². The van der Waals surface area contributed by atoms with E-state index in [0.29, 0.717) is 6.61 Å². The van der Waals surface area contributed by atoms with Crippen molar-refractivity contribution in [2.75, 3.05) is 16.9 Å². The summed E-state index contributed by atoms with van der Waals surface area (Å²) in [6.45, 7) is 3.41. The van der Waals surface area contributed by atoms with E-state index in [1.54, 1.807) is 0 Å². The van der Waals surface area contributed by atoms with Crippen LogP contribution in [0.1, 0.15) is 11.1 Å². The molecular formula is C20H19N3O. The lowest BCUT2D eigenvalue weighted by atomic mass is 10.2. The van der Waals surface area contributed by atoms with Crippen molar-refractivity contribution in [2.45, 2.75) is 13.5 Å². The quantitative estimate of drug-likeness (QED) is 0.769. The number of anilines is 3. The summed E-state index contributed by atoms with van der Waals surface area (Å²) in [6, 6.07) is 20.4. The summed E-state index contributed by atoms with van der Waals surface area (Å²) in [5.41, 5.74) is 4.59. The molecular weight excluding hydrogens is 298 g/mol. The zero-order chi connectivity index (χ0) is 16.4. The predicted octanol–water partition coefficient (Wildman–Crippen LogP) is 4.49. The Hall–Kier alpha value is -3.01. The Kier molecular flexibility index (Phi) is 3.79. The largest absolute Gasteiger partial charge is 0.489 e. The summed E-state index contributed by atoms with van der Waals surface area (Å²) in [4.78, 5) is 6.68. The first-order chi connectivity index (χ1) is 11.8. The van der Waals surface area contributed by atoms with Crippen LogP contribution < -0.4 is 15.0 Å². The molecule has 0 aliphatic carbocycles. The lowest BCUT2D eigenvalue weighted by Gasteiger charge is -2.17. The fraction of sp³-hybridized carbons (Fsp3) is 0.150. The van der Waals surface area contributed by atoms with E-state index in [0.717, 1.165) is 29.6 Å². The molecule has 0 amide bonds. The third-order valence-corrected chi connectivity index (χ3v) is 4.21. The normalized spacial score (nSPS) is 12.6. The van der Waals surface area contributed by atoms with E-state index < -0.39 is 0 Å². The van der Waals surface area contributed by atoms with Gasteiger partial charge in [-0.1, -0.05) is 30.3 Å². The number of ether oxygens (including phenoxy) is 1. The number of aromatic nitrogens is 1. The highest BCUT2D eigenvalue weighted by Crippen LogP contribution is 2.37. The van der Waals surface area contributed by atoms with Gasteiger partial charge in [-0.05, 0) is 48.4 Å². The summed E-state index contributed by atoms with van der Waals surface area (Å²) in [6.07, 6.45) is 1.85. The molecule has 0 saturated heterocycles. The second kappa shape index (κ2) is 6.24. The number of nitrogens with one attached hydrogen (secondary N) is 1. The maximum absolute atomic E-state index is 5.85. The highest BCUT2D eigenvalue weighted by Gasteiger charge is 2.22. The van der Waals surface area contributed by atoms with Gasteiger partial charge in [-0.2, -0.15) is 0 Å². The molecule has 0 radical (unpaired) electrons. The second-order valence-electron chi connectivity index (χ2n) is 5.86. The molecule has 1 aliphatic rings. The first kappa shape index (κ1) is 14.6. The number of pyridine rings is 1. The fourth-order valence-electron chi connectivity index (χ4n) is 2.88.